The van der Waals surface area contributed by atoms with E-state index in [1.807, 2.05) is 12.1 Å². The molecule has 2 saturated carbocycles. The highest BCUT2D eigenvalue weighted by Gasteiger charge is 2.60. The molecule has 2 nitrogen and oxygen atoms in total. The second kappa shape index (κ2) is 4.61. The van der Waals surface area contributed by atoms with Gasteiger partial charge >= 0.3 is 5.97 Å². The lowest BCUT2D eigenvalue weighted by Crippen LogP contribution is -2.53. The molecule has 0 unspecified atom stereocenters. The summed E-state index contributed by atoms with van der Waals surface area (Å²) in [5, 5.41) is 9.76. The van der Waals surface area contributed by atoms with E-state index in [2.05, 4.69) is 26.0 Å². The van der Waals surface area contributed by atoms with Crippen molar-refractivity contribution in [3.8, 4) is 0 Å². The molecule has 0 saturated heterocycles. The Bertz CT molecular complexity index is 499. The Hall–Kier alpha value is -1.31. The molecule has 0 bridgehead atoms. The fraction of sp³-hybridized carbons (Fsp3) is 0.611. The molecule has 1 aromatic carbocycles. The molecule has 2 aliphatic carbocycles. The standard InChI is InChI=1S/C18H24O2/c1-13(2)14-5-7-15(8-6-14)18(16(19)20)11-17(12-18)9-3-4-10-17/h5-8,13H,3-4,9-12H2,1-2H3,(H,19,20). The van der Waals surface area contributed by atoms with Crippen molar-refractivity contribution in [3.05, 3.63) is 35.4 Å². The van der Waals surface area contributed by atoms with Gasteiger partial charge in [0, 0.05) is 0 Å². The SMILES string of the molecule is CC(C)c1ccc(C2(C(=O)O)CC3(CCCC3)C2)cc1. The highest BCUT2D eigenvalue weighted by atomic mass is 16.4. The summed E-state index contributed by atoms with van der Waals surface area (Å²) in [6, 6.07) is 8.30. The molecular weight excluding hydrogens is 248 g/mol. The molecule has 0 amide bonds. The van der Waals surface area contributed by atoms with E-state index in [9.17, 15) is 9.90 Å². The van der Waals surface area contributed by atoms with Crippen molar-refractivity contribution in [3.63, 3.8) is 0 Å². The van der Waals surface area contributed by atoms with Crippen molar-refractivity contribution < 1.29 is 9.90 Å². The summed E-state index contributed by atoms with van der Waals surface area (Å²) in [5.74, 6) is -0.139. The number of hydrogen-bond donors (Lipinski definition) is 1. The summed E-state index contributed by atoms with van der Waals surface area (Å²) in [7, 11) is 0. The van der Waals surface area contributed by atoms with Crippen LogP contribution >= 0.6 is 0 Å². The number of carboxylic acid groups (broad SMARTS) is 1. The average Bonchev–Trinajstić information content (AvgIpc) is 2.85. The number of rotatable bonds is 3. The molecule has 1 spiro atoms. The quantitative estimate of drug-likeness (QED) is 0.880. The Morgan fingerprint density at radius 1 is 1.10 bits per heavy atom. The summed E-state index contributed by atoms with van der Waals surface area (Å²) in [5.41, 5.74) is 2.02. The number of carboxylic acids is 1. The van der Waals surface area contributed by atoms with Crippen LogP contribution in [0.15, 0.2) is 24.3 Å². The number of aliphatic carboxylic acids is 1. The monoisotopic (exact) mass is 272 g/mol. The molecule has 0 aliphatic heterocycles. The van der Waals surface area contributed by atoms with Crippen molar-refractivity contribution in [1.82, 2.24) is 0 Å². The zero-order valence-electron chi connectivity index (χ0n) is 12.5. The maximum atomic E-state index is 11.9. The van der Waals surface area contributed by atoms with Crippen molar-refractivity contribution in [2.45, 2.75) is 63.7 Å². The van der Waals surface area contributed by atoms with Crippen molar-refractivity contribution in [2.75, 3.05) is 0 Å². The lowest BCUT2D eigenvalue weighted by molar-refractivity contribution is -0.154. The van der Waals surface area contributed by atoms with Gasteiger partial charge < -0.3 is 5.11 Å². The summed E-state index contributed by atoms with van der Waals surface area (Å²) in [6.45, 7) is 4.33. The van der Waals surface area contributed by atoms with Crippen molar-refractivity contribution >= 4 is 5.97 Å². The van der Waals surface area contributed by atoms with Gasteiger partial charge in [0.15, 0.2) is 0 Å². The van der Waals surface area contributed by atoms with E-state index in [1.54, 1.807) is 0 Å². The van der Waals surface area contributed by atoms with Gasteiger partial charge in [0.25, 0.3) is 0 Å². The number of benzene rings is 1. The molecule has 1 N–H and O–H groups in total. The average molecular weight is 272 g/mol. The van der Waals surface area contributed by atoms with E-state index in [0.717, 1.165) is 18.4 Å². The first-order valence-corrected chi connectivity index (χ1v) is 7.81. The maximum Gasteiger partial charge on any atom is 0.314 e. The minimum Gasteiger partial charge on any atom is -0.481 e. The zero-order chi connectivity index (χ0) is 14.4. The van der Waals surface area contributed by atoms with Crippen LogP contribution in [0.5, 0.6) is 0 Å². The van der Waals surface area contributed by atoms with Crippen LogP contribution in [0.25, 0.3) is 0 Å². The third-order valence-corrected chi connectivity index (χ3v) is 5.56. The third kappa shape index (κ3) is 1.97. The smallest absolute Gasteiger partial charge is 0.314 e. The van der Waals surface area contributed by atoms with Gasteiger partial charge in [-0.25, -0.2) is 0 Å². The van der Waals surface area contributed by atoms with Gasteiger partial charge in [-0.3, -0.25) is 4.79 Å². The molecule has 0 aromatic heterocycles. The van der Waals surface area contributed by atoms with Crippen LogP contribution in [0.4, 0.5) is 0 Å². The second-order valence-corrected chi connectivity index (χ2v) is 7.22. The van der Waals surface area contributed by atoms with Crippen LogP contribution in [-0.2, 0) is 10.2 Å². The van der Waals surface area contributed by atoms with Crippen LogP contribution in [0.1, 0.15) is 69.4 Å². The molecule has 0 atom stereocenters. The van der Waals surface area contributed by atoms with Gasteiger partial charge in [0.2, 0.25) is 0 Å². The van der Waals surface area contributed by atoms with E-state index in [-0.39, 0.29) is 0 Å². The zero-order valence-corrected chi connectivity index (χ0v) is 12.5. The molecule has 2 fully saturated rings. The Morgan fingerprint density at radius 3 is 2.10 bits per heavy atom. The van der Waals surface area contributed by atoms with Crippen molar-refractivity contribution in [2.24, 2.45) is 5.41 Å². The maximum absolute atomic E-state index is 11.9. The lowest BCUT2D eigenvalue weighted by Gasteiger charge is -2.53. The third-order valence-electron chi connectivity index (χ3n) is 5.56. The molecule has 3 rings (SSSR count). The first kappa shape index (κ1) is 13.7. The Morgan fingerprint density at radius 2 is 1.65 bits per heavy atom. The van der Waals surface area contributed by atoms with E-state index >= 15 is 0 Å². The van der Waals surface area contributed by atoms with Gasteiger partial charge in [-0.2, -0.15) is 0 Å². The van der Waals surface area contributed by atoms with Crippen LogP contribution in [0.2, 0.25) is 0 Å². The normalized spacial score (nSPS) is 22.9. The molecule has 2 heteroatoms. The van der Waals surface area contributed by atoms with Gasteiger partial charge in [-0.1, -0.05) is 51.0 Å². The summed E-state index contributed by atoms with van der Waals surface area (Å²) in [6.07, 6.45) is 6.70. The molecule has 20 heavy (non-hydrogen) atoms. The topological polar surface area (TPSA) is 37.3 Å². The van der Waals surface area contributed by atoms with Gasteiger partial charge in [-0.15, -0.1) is 0 Å². The Kier molecular flexibility index (Phi) is 3.15. The van der Waals surface area contributed by atoms with Crippen molar-refractivity contribution in [1.29, 1.82) is 0 Å². The molecule has 2 aliphatic rings. The number of carbonyl (C=O) groups is 1. The van der Waals surface area contributed by atoms with Crippen LogP contribution in [0.3, 0.4) is 0 Å². The van der Waals surface area contributed by atoms with Gasteiger partial charge in [0.1, 0.15) is 0 Å². The first-order valence-electron chi connectivity index (χ1n) is 7.81. The summed E-state index contributed by atoms with van der Waals surface area (Å²) >= 11 is 0. The van der Waals surface area contributed by atoms with Crippen LogP contribution in [0, 0.1) is 5.41 Å². The first-order chi connectivity index (χ1) is 9.47. The fourth-order valence-corrected chi connectivity index (χ4v) is 4.37. The van der Waals surface area contributed by atoms with Gasteiger partial charge in [-0.05, 0) is 48.1 Å². The minimum absolute atomic E-state index is 0.342. The van der Waals surface area contributed by atoms with Gasteiger partial charge in [0.05, 0.1) is 5.41 Å². The molecular formula is C18H24O2. The van der Waals surface area contributed by atoms with E-state index in [4.69, 9.17) is 0 Å². The van der Waals surface area contributed by atoms with Crippen LogP contribution in [-0.4, -0.2) is 11.1 Å². The Balaban J connectivity index is 1.87. The largest absolute Gasteiger partial charge is 0.481 e. The highest BCUT2D eigenvalue weighted by Crippen LogP contribution is 2.63. The van der Waals surface area contributed by atoms with E-state index < -0.39 is 11.4 Å². The number of hydrogen-bond acceptors (Lipinski definition) is 1. The second-order valence-electron chi connectivity index (χ2n) is 7.22. The fourth-order valence-electron chi connectivity index (χ4n) is 4.37. The predicted molar refractivity (Wildman–Crippen MR) is 80.0 cm³/mol. The van der Waals surface area contributed by atoms with Crippen LogP contribution < -0.4 is 0 Å². The lowest BCUT2D eigenvalue weighted by atomic mass is 9.49. The Labute approximate surface area is 121 Å². The summed E-state index contributed by atoms with van der Waals surface area (Å²) in [4.78, 5) is 11.9. The minimum atomic E-state index is -0.632. The van der Waals surface area contributed by atoms with E-state index in [1.165, 1.54) is 31.2 Å². The predicted octanol–water partition coefficient (Wildman–Crippen LogP) is 4.49. The molecule has 1 aromatic rings. The molecule has 108 valence electrons. The highest BCUT2D eigenvalue weighted by molar-refractivity contribution is 5.83. The molecule has 0 radical (unpaired) electrons. The van der Waals surface area contributed by atoms with E-state index in [0.29, 0.717) is 11.3 Å². The summed E-state index contributed by atoms with van der Waals surface area (Å²) < 4.78 is 0. The molecule has 0 heterocycles.